The van der Waals surface area contributed by atoms with E-state index in [4.69, 9.17) is 17.3 Å². The van der Waals surface area contributed by atoms with E-state index >= 15 is 0 Å². The van der Waals surface area contributed by atoms with Crippen molar-refractivity contribution >= 4 is 23.2 Å². The van der Waals surface area contributed by atoms with Crippen molar-refractivity contribution < 1.29 is 18.3 Å². The van der Waals surface area contributed by atoms with Crippen molar-refractivity contribution in [1.82, 2.24) is 9.78 Å². The molecule has 28 heavy (non-hydrogen) atoms. The number of anilines is 1. The van der Waals surface area contributed by atoms with Crippen molar-refractivity contribution in [1.29, 1.82) is 0 Å². The Bertz CT molecular complexity index is 848. The van der Waals surface area contributed by atoms with E-state index in [0.29, 0.717) is 36.6 Å². The number of rotatable bonds is 6. The van der Waals surface area contributed by atoms with Gasteiger partial charge in [0.1, 0.15) is 5.54 Å². The Kier molecular flexibility index (Phi) is 5.79. The molecule has 0 spiro atoms. The zero-order valence-corrected chi connectivity index (χ0v) is 16.5. The topological polar surface area (TPSA) is 73.4 Å². The van der Waals surface area contributed by atoms with Gasteiger partial charge in [0, 0.05) is 36.1 Å². The lowest BCUT2D eigenvalue weighted by molar-refractivity contribution is -0.128. The zero-order chi connectivity index (χ0) is 20.5. The molecule has 1 aromatic carbocycles. The number of nitrogens with zero attached hydrogens (tertiary/aromatic N) is 3. The molecule has 0 unspecified atom stereocenters. The maximum atomic E-state index is 12.8. The Hall–Kier alpha value is -2.35. The predicted molar refractivity (Wildman–Crippen MR) is 103 cm³/mol. The maximum Gasteiger partial charge on any atom is 0.387 e. The largest absolute Gasteiger partial charge is 0.433 e. The first-order valence-corrected chi connectivity index (χ1v) is 9.46. The van der Waals surface area contributed by atoms with Crippen LogP contribution in [0.15, 0.2) is 30.5 Å². The van der Waals surface area contributed by atoms with Gasteiger partial charge in [0.25, 0.3) is 0 Å². The second kappa shape index (κ2) is 7.95. The number of primary amides is 1. The van der Waals surface area contributed by atoms with Crippen LogP contribution in [0.2, 0.25) is 5.02 Å². The first-order valence-electron chi connectivity index (χ1n) is 9.08. The molecule has 0 aliphatic carbocycles. The normalized spacial score (nSPS) is 16.6. The smallest absolute Gasteiger partial charge is 0.387 e. The second-order valence-electron chi connectivity index (χ2n) is 7.20. The third-order valence-electron chi connectivity index (χ3n) is 5.20. The molecule has 152 valence electrons. The highest BCUT2D eigenvalue weighted by Gasteiger charge is 2.44. The summed E-state index contributed by atoms with van der Waals surface area (Å²) in [6, 6.07) is 6.51. The summed E-state index contributed by atoms with van der Waals surface area (Å²) in [5, 5.41) is 4.68. The zero-order valence-electron chi connectivity index (χ0n) is 15.7. The Morgan fingerprint density at radius 2 is 1.96 bits per heavy atom. The van der Waals surface area contributed by atoms with Crippen molar-refractivity contribution in [3.8, 4) is 5.75 Å². The van der Waals surface area contributed by atoms with Gasteiger partial charge in [-0.25, -0.2) is 0 Å². The summed E-state index contributed by atoms with van der Waals surface area (Å²) < 4.78 is 31.9. The van der Waals surface area contributed by atoms with Gasteiger partial charge in [-0.05, 0) is 37.0 Å². The maximum absolute atomic E-state index is 12.8. The Labute approximate surface area is 167 Å². The van der Waals surface area contributed by atoms with Crippen LogP contribution in [-0.2, 0) is 10.3 Å². The summed E-state index contributed by atoms with van der Waals surface area (Å²) >= 11 is 5.92. The van der Waals surface area contributed by atoms with Crippen molar-refractivity contribution in [3.05, 3.63) is 41.2 Å². The molecule has 0 radical (unpaired) electrons. The Morgan fingerprint density at radius 3 is 2.54 bits per heavy atom. The number of benzene rings is 1. The molecule has 2 heterocycles. The third kappa shape index (κ3) is 3.78. The Balaban J connectivity index is 1.88. The van der Waals surface area contributed by atoms with Crippen LogP contribution in [0.25, 0.3) is 0 Å². The second-order valence-corrected chi connectivity index (χ2v) is 7.63. The molecule has 2 N–H and O–H groups in total. The number of aromatic nitrogens is 2. The van der Waals surface area contributed by atoms with Gasteiger partial charge in [-0.1, -0.05) is 25.4 Å². The molecule has 9 heteroatoms. The van der Waals surface area contributed by atoms with Crippen LogP contribution >= 0.6 is 11.6 Å². The first-order chi connectivity index (χ1) is 13.2. The van der Waals surface area contributed by atoms with E-state index in [0.717, 1.165) is 5.69 Å². The van der Waals surface area contributed by atoms with Crippen molar-refractivity contribution in [2.24, 2.45) is 5.73 Å². The molecule has 1 aromatic heterocycles. The van der Waals surface area contributed by atoms with E-state index in [2.05, 4.69) is 9.84 Å². The van der Waals surface area contributed by atoms with Crippen molar-refractivity contribution in [2.75, 3.05) is 18.0 Å². The number of hydrogen-bond acceptors (Lipinski definition) is 4. The molecule has 0 saturated carbocycles. The van der Waals surface area contributed by atoms with Gasteiger partial charge in [0.05, 0.1) is 5.69 Å². The minimum absolute atomic E-state index is 0.0102. The van der Waals surface area contributed by atoms with E-state index in [9.17, 15) is 13.6 Å². The highest BCUT2D eigenvalue weighted by Crippen LogP contribution is 2.38. The summed E-state index contributed by atoms with van der Waals surface area (Å²) in [5.74, 6) is -0.256. The van der Waals surface area contributed by atoms with Crippen LogP contribution in [0.1, 0.15) is 38.3 Å². The van der Waals surface area contributed by atoms with E-state index in [-0.39, 0.29) is 11.7 Å². The van der Waals surface area contributed by atoms with Gasteiger partial charge in [0.2, 0.25) is 5.91 Å². The fourth-order valence-electron chi connectivity index (χ4n) is 3.73. The van der Waals surface area contributed by atoms with Crippen molar-refractivity contribution in [2.45, 2.75) is 44.8 Å². The van der Waals surface area contributed by atoms with Crippen LogP contribution < -0.4 is 15.4 Å². The number of halogens is 3. The highest BCUT2D eigenvalue weighted by atomic mass is 35.5. The molecule has 1 aliphatic rings. The lowest BCUT2D eigenvalue weighted by Crippen LogP contribution is -2.54. The molecule has 2 aromatic rings. The Morgan fingerprint density at radius 1 is 1.29 bits per heavy atom. The van der Waals surface area contributed by atoms with E-state index in [1.807, 2.05) is 24.8 Å². The summed E-state index contributed by atoms with van der Waals surface area (Å²) in [5.41, 5.74) is 6.29. The summed E-state index contributed by atoms with van der Waals surface area (Å²) in [7, 11) is 0. The van der Waals surface area contributed by atoms with Gasteiger partial charge < -0.3 is 15.4 Å². The molecular formula is C19H23ClF2N4O2. The lowest BCUT2D eigenvalue weighted by atomic mass is 9.85. The molecule has 0 bridgehead atoms. The number of hydrogen-bond donors (Lipinski definition) is 1. The third-order valence-corrected chi connectivity index (χ3v) is 5.43. The first kappa shape index (κ1) is 20.4. The van der Waals surface area contributed by atoms with Gasteiger partial charge >= 0.3 is 6.61 Å². The number of amides is 1. The van der Waals surface area contributed by atoms with Gasteiger partial charge in [-0.15, -0.1) is 0 Å². The SMILES string of the molecule is CC(C)c1ccnn1C1(C(N)=O)CCN(c2ccc(Cl)cc2OC(F)F)CC1. The highest BCUT2D eigenvalue weighted by molar-refractivity contribution is 6.30. The van der Waals surface area contributed by atoms with Gasteiger partial charge in [-0.2, -0.15) is 13.9 Å². The monoisotopic (exact) mass is 412 g/mol. The number of ether oxygens (including phenoxy) is 1. The molecule has 6 nitrogen and oxygen atoms in total. The van der Waals surface area contributed by atoms with Crippen LogP contribution in [0.4, 0.5) is 14.5 Å². The quantitative estimate of drug-likeness (QED) is 0.784. The fraction of sp³-hybridized carbons (Fsp3) is 0.474. The minimum Gasteiger partial charge on any atom is -0.433 e. The van der Waals surface area contributed by atoms with Crippen molar-refractivity contribution in [3.63, 3.8) is 0 Å². The van der Waals surface area contributed by atoms with E-state index in [1.165, 1.54) is 6.07 Å². The number of piperidine rings is 1. The van der Waals surface area contributed by atoms with Crippen LogP contribution in [-0.4, -0.2) is 35.4 Å². The summed E-state index contributed by atoms with van der Waals surface area (Å²) in [6.07, 6.45) is 2.47. The molecule has 3 rings (SSSR count). The number of nitrogens with two attached hydrogens (primary N) is 1. The molecule has 1 aliphatic heterocycles. The summed E-state index contributed by atoms with van der Waals surface area (Å²) in [4.78, 5) is 14.3. The van der Waals surface area contributed by atoms with Crippen LogP contribution in [0, 0.1) is 0 Å². The number of alkyl halides is 2. The van der Waals surface area contributed by atoms with Gasteiger partial charge in [0.15, 0.2) is 5.75 Å². The van der Waals surface area contributed by atoms with Crippen LogP contribution in [0.3, 0.4) is 0 Å². The standard InChI is InChI=1S/C19H23ClF2N4O2/c1-12(2)14-5-8-24-26(14)19(17(23)27)6-9-25(10-7-19)15-4-3-13(20)11-16(15)28-18(21)22/h3-5,8,11-12,18H,6-7,9-10H2,1-2H3,(H2,23,27). The van der Waals surface area contributed by atoms with Gasteiger partial charge in [-0.3, -0.25) is 9.48 Å². The molecule has 1 amide bonds. The average Bonchev–Trinajstić information content (AvgIpc) is 3.12. The molecule has 0 atom stereocenters. The number of carbonyl (C=O) groups is 1. The van der Waals surface area contributed by atoms with E-state index in [1.54, 1.807) is 23.0 Å². The van der Waals surface area contributed by atoms with E-state index < -0.39 is 18.1 Å². The predicted octanol–water partition coefficient (Wildman–Crippen LogP) is 3.74. The average molecular weight is 413 g/mol. The number of carbonyl (C=O) groups excluding carboxylic acids is 1. The molecule has 1 saturated heterocycles. The van der Waals surface area contributed by atoms with Crippen LogP contribution in [0.5, 0.6) is 5.75 Å². The summed E-state index contributed by atoms with van der Waals surface area (Å²) in [6.45, 7) is 1.96. The molecule has 1 fully saturated rings. The minimum atomic E-state index is -2.95. The fourth-order valence-corrected chi connectivity index (χ4v) is 3.89. The molecular weight excluding hydrogens is 390 g/mol. The lowest BCUT2D eigenvalue weighted by Gasteiger charge is -2.42.